The van der Waals surface area contributed by atoms with Gasteiger partial charge in [0.15, 0.2) is 5.96 Å². The number of aliphatic imine (C=N–C) groups is 1. The van der Waals surface area contributed by atoms with Crippen molar-refractivity contribution in [3.05, 3.63) is 48.0 Å². The second-order valence-corrected chi connectivity index (χ2v) is 29.1. The van der Waals surface area contributed by atoms with Crippen molar-refractivity contribution in [2.75, 3.05) is 31.9 Å². The molecule has 14 atom stereocenters. The second-order valence-electron chi connectivity index (χ2n) is 28.7. The number of aromatic amines is 1. The number of nitrogens with zero attached hydrogens (tertiary/aromatic N) is 3. The van der Waals surface area contributed by atoms with Crippen LogP contribution in [0.15, 0.2) is 41.8 Å². The van der Waals surface area contributed by atoms with E-state index >= 15 is 0 Å². The van der Waals surface area contributed by atoms with Crippen LogP contribution in [0.5, 0.6) is 5.75 Å². The fraction of sp³-hybridized carbons (Fsp3) is 0.657. The smallest absolute Gasteiger partial charge is 0.325 e. The molecule has 3 rings (SSSR count). The molecule has 2 heterocycles. The monoisotopic (exact) mass is 1540 g/mol. The molecule has 1 aliphatic rings. The number of phenolic OH excluding ortho intramolecular Hbond substituents is 1. The number of imidazole rings is 1. The lowest BCUT2D eigenvalue weighted by Gasteiger charge is -2.31. The van der Waals surface area contributed by atoms with Crippen molar-refractivity contribution in [1.29, 1.82) is 0 Å². The number of carboxylic acids is 1. The number of aromatic hydroxyl groups is 1. The maximum absolute atomic E-state index is 14.6. The van der Waals surface area contributed by atoms with Gasteiger partial charge in [0, 0.05) is 37.2 Å². The minimum absolute atomic E-state index is 0.0221. The fourth-order valence-corrected chi connectivity index (χ4v) is 11.8. The number of phenols is 1. The zero-order valence-corrected chi connectivity index (χ0v) is 64.4. The summed E-state index contributed by atoms with van der Waals surface area (Å²) in [4.78, 5) is 205. The number of aromatic nitrogens is 2. The largest absolute Gasteiger partial charge is 0.508 e. The van der Waals surface area contributed by atoms with Crippen molar-refractivity contribution in [1.82, 2.24) is 78.7 Å². The quantitative estimate of drug-likeness (QED) is 0.0130. The van der Waals surface area contributed by atoms with E-state index in [1.54, 1.807) is 67.5 Å². The molecule has 0 saturated carbocycles. The molecular formula is C70H116N20O17S. The summed E-state index contributed by atoms with van der Waals surface area (Å²) in [5.41, 5.74) is 23.8. The number of amides is 13. The Bertz CT molecular complexity index is 3360. The van der Waals surface area contributed by atoms with Gasteiger partial charge in [-0.05, 0) is 139 Å². The number of aliphatic hydroxyl groups is 1. The Kier molecular flexibility index (Phi) is 39.8. The van der Waals surface area contributed by atoms with Crippen LogP contribution in [0.4, 0.5) is 0 Å². The normalized spacial score (nSPS) is 16.4. The van der Waals surface area contributed by atoms with E-state index in [2.05, 4.69) is 91.4 Å². The summed E-state index contributed by atoms with van der Waals surface area (Å²) < 4.78 is 0. The van der Waals surface area contributed by atoms with E-state index in [-0.39, 0.29) is 119 Å². The number of thiol groups is 1. The van der Waals surface area contributed by atoms with Gasteiger partial charge in [0.2, 0.25) is 76.8 Å². The van der Waals surface area contributed by atoms with Crippen LogP contribution in [0.25, 0.3) is 0 Å². The van der Waals surface area contributed by atoms with Crippen LogP contribution in [0.2, 0.25) is 0 Å². The van der Waals surface area contributed by atoms with Crippen LogP contribution in [-0.2, 0) is 80.0 Å². The van der Waals surface area contributed by atoms with Crippen molar-refractivity contribution >= 4 is 101 Å². The molecule has 0 aliphatic carbocycles. The summed E-state index contributed by atoms with van der Waals surface area (Å²) in [5, 5.41) is 61.1. The summed E-state index contributed by atoms with van der Waals surface area (Å²) in [7, 11) is 0. The molecule has 108 heavy (non-hydrogen) atoms. The molecule has 1 saturated heterocycles. The lowest BCUT2D eigenvalue weighted by molar-refractivity contribution is -0.142. The SMILES string of the molecule is CC(C)C[C@H](NC(=O)[C@H](CC(C)C)NC(=O)[C@@H](NC(=O)CNC(=O)[C@@H](N)Cc1ccc(O)cc1)C(C)C)C(=O)N[C@@H](CCCCN)C(=O)N[C@H](C(=O)N[C@@H](Cc1cnc[nH]1)C(=O)N[C@@H](CS)C(=O)N1CCC[C@H]1C(=O)N[C@@H](CC(C)C)C(=O)N[C@@H](CCCN=C(N)N)C(=O)N[C@@H](C)C(=O)N[C@@H](C)C(=O)O)[C@@H](C)O. The van der Waals surface area contributed by atoms with Crippen LogP contribution in [-0.4, -0.2) is 235 Å². The van der Waals surface area contributed by atoms with E-state index in [9.17, 15) is 82.4 Å². The first-order chi connectivity index (χ1) is 50.8. The molecule has 1 fully saturated rings. The number of nitrogens with two attached hydrogens (primary N) is 4. The maximum Gasteiger partial charge on any atom is 0.325 e. The summed E-state index contributed by atoms with van der Waals surface area (Å²) in [6.07, 6.45) is 2.11. The molecule has 0 bridgehead atoms. The maximum atomic E-state index is 14.6. The van der Waals surface area contributed by atoms with Crippen molar-refractivity contribution in [2.24, 2.45) is 51.6 Å². The highest BCUT2D eigenvalue weighted by Crippen LogP contribution is 2.21. The molecule has 0 unspecified atom stereocenters. The molecule has 24 N–H and O–H groups in total. The van der Waals surface area contributed by atoms with E-state index < -0.39 is 180 Å². The predicted octanol–water partition coefficient (Wildman–Crippen LogP) is -3.92. The Morgan fingerprint density at radius 1 is 0.583 bits per heavy atom. The zero-order valence-electron chi connectivity index (χ0n) is 63.5. The minimum atomic E-state index is -1.81. The molecule has 1 aromatic carbocycles. The van der Waals surface area contributed by atoms with Crippen LogP contribution < -0.4 is 86.7 Å². The first kappa shape index (κ1) is 92.5. The van der Waals surface area contributed by atoms with Gasteiger partial charge < -0.3 is 112 Å². The van der Waals surface area contributed by atoms with E-state index in [1.807, 2.05) is 0 Å². The van der Waals surface area contributed by atoms with E-state index in [0.29, 0.717) is 24.1 Å². The number of aliphatic hydroxyl groups excluding tert-OH is 1. The van der Waals surface area contributed by atoms with Gasteiger partial charge in [-0.2, -0.15) is 12.6 Å². The second kappa shape index (κ2) is 46.5. The summed E-state index contributed by atoms with van der Waals surface area (Å²) in [6.45, 7) is 17.5. The van der Waals surface area contributed by atoms with Gasteiger partial charge in [0.1, 0.15) is 78.3 Å². The molecule has 0 spiro atoms. The van der Waals surface area contributed by atoms with Crippen LogP contribution >= 0.6 is 12.6 Å². The number of aliphatic carboxylic acids is 1. The third-order valence-electron chi connectivity index (χ3n) is 17.4. The van der Waals surface area contributed by atoms with Gasteiger partial charge in [-0.3, -0.25) is 72.1 Å². The first-order valence-electron chi connectivity index (χ1n) is 36.5. The number of H-pyrrole nitrogens is 1. The molecule has 13 amide bonds. The van der Waals surface area contributed by atoms with Gasteiger partial charge in [0.25, 0.3) is 0 Å². The number of carbonyl (C=O) groups excluding carboxylic acids is 13. The third-order valence-corrected chi connectivity index (χ3v) is 17.8. The Morgan fingerprint density at radius 3 is 1.58 bits per heavy atom. The molecule has 1 aliphatic heterocycles. The highest BCUT2D eigenvalue weighted by Gasteiger charge is 2.42. The topological polar surface area (TPSA) is 592 Å². The Morgan fingerprint density at radius 2 is 1.07 bits per heavy atom. The number of nitrogens with one attached hydrogen (secondary N) is 13. The standard InChI is InChI=1S/C70H116N20O17S/c1-35(2)26-48(83-63(100)50(28-37(5)6)85-66(103)55(38(7)8)88-54(93)32-77-58(95)45(72)29-42-19-21-44(92)22-20-42)61(98)81-46(16-12-13-23-71)60(97)89-56(41(11)91)67(104)86-51(30-43-31-75-34-78-43)64(101)87-52(33-108)68(105)90-25-15-18-53(90)65(102)84-49(27-36(3)4)62(99)82-47(17-14-24-76-70(73)74)59(96)79-39(9)57(94)80-40(10)69(106)107/h19-22,31,34-41,45-53,55-56,91-92,108H,12-18,23-30,32-33,71-72H2,1-11H3,(H,75,78)(H,77,95)(H,79,96)(H,80,94)(H,81,98)(H,82,99)(H,83,100)(H,84,102)(H,85,103)(H,86,104)(H,87,101)(H,88,93)(H,89,97)(H,106,107)(H4,73,74,76)/t39-,40-,41+,45-,46-,47-,48-,49-,50-,51-,52-,53-,55-,56-/m0/s1. The summed E-state index contributed by atoms with van der Waals surface area (Å²) in [6, 6.07) is -11.3. The number of rotatable bonds is 47. The van der Waals surface area contributed by atoms with Crippen molar-refractivity contribution in [3.8, 4) is 5.75 Å². The highest BCUT2D eigenvalue weighted by atomic mass is 32.1. The molecular weight excluding hydrogens is 1420 g/mol. The Hall–Kier alpha value is -9.69. The lowest BCUT2D eigenvalue weighted by atomic mass is 9.98. The van der Waals surface area contributed by atoms with Crippen LogP contribution in [0, 0.1) is 23.7 Å². The summed E-state index contributed by atoms with van der Waals surface area (Å²) >= 11 is 4.39. The zero-order chi connectivity index (χ0) is 81.2. The van der Waals surface area contributed by atoms with Gasteiger partial charge >= 0.3 is 5.97 Å². The number of unbranched alkanes of at least 4 members (excludes halogenated alkanes) is 1. The Labute approximate surface area is 635 Å². The van der Waals surface area contributed by atoms with E-state index in [1.165, 1.54) is 50.3 Å². The molecule has 38 heteroatoms. The van der Waals surface area contributed by atoms with Crippen molar-refractivity contribution < 1.29 is 82.4 Å². The van der Waals surface area contributed by atoms with E-state index in [4.69, 9.17) is 22.9 Å². The number of hydrogen-bond acceptors (Lipinski definition) is 21. The number of carbonyl (C=O) groups is 14. The fourth-order valence-electron chi connectivity index (χ4n) is 11.5. The minimum Gasteiger partial charge on any atom is -0.508 e. The average Bonchev–Trinajstić information content (AvgIpc) is 1.70. The molecule has 1 aromatic heterocycles. The Balaban J connectivity index is 1.83. The number of hydrogen-bond donors (Lipinski definition) is 21. The van der Waals surface area contributed by atoms with Gasteiger partial charge in [-0.25, -0.2) is 4.98 Å². The van der Waals surface area contributed by atoms with Crippen molar-refractivity contribution in [3.63, 3.8) is 0 Å². The predicted molar refractivity (Wildman–Crippen MR) is 402 cm³/mol. The molecule has 0 radical (unpaired) electrons. The average molecular weight is 1540 g/mol. The van der Waals surface area contributed by atoms with Crippen LogP contribution in [0.3, 0.4) is 0 Å². The molecule has 604 valence electrons. The highest BCUT2D eigenvalue weighted by molar-refractivity contribution is 7.80. The van der Waals surface area contributed by atoms with E-state index in [0.717, 1.165) is 0 Å². The van der Waals surface area contributed by atoms with Gasteiger partial charge in [0.05, 0.1) is 25.0 Å². The first-order valence-corrected chi connectivity index (χ1v) is 37.1. The molecule has 2 aromatic rings. The number of likely N-dealkylation sites (tertiary alicyclic amines) is 1. The molecule has 37 nitrogen and oxygen atoms in total. The van der Waals surface area contributed by atoms with Crippen LogP contribution in [0.1, 0.15) is 152 Å². The van der Waals surface area contributed by atoms with Gasteiger partial charge in [-0.15, -0.1) is 0 Å². The number of guanidine groups is 1. The third kappa shape index (κ3) is 32.4. The lowest BCUT2D eigenvalue weighted by Crippen LogP contribution is -2.62. The van der Waals surface area contributed by atoms with Crippen molar-refractivity contribution in [2.45, 2.75) is 238 Å². The number of carboxylic acid groups (broad SMARTS) is 1. The van der Waals surface area contributed by atoms with Gasteiger partial charge in [-0.1, -0.05) is 67.5 Å². The summed E-state index contributed by atoms with van der Waals surface area (Å²) in [5.74, 6) is -13.7. The number of benzene rings is 1.